The van der Waals surface area contributed by atoms with Crippen LogP contribution in [0.25, 0.3) is 0 Å². The van der Waals surface area contributed by atoms with E-state index in [1.54, 1.807) is 11.8 Å². The van der Waals surface area contributed by atoms with Gasteiger partial charge in [-0.2, -0.15) is 13.2 Å². The number of likely N-dealkylation sites (tertiary alicyclic amines) is 1. The summed E-state index contributed by atoms with van der Waals surface area (Å²) in [4.78, 5) is 58.6. The molecule has 2 aromatic rings. The monoisotopic (exact) mass is 624 g/mol. The number of hydrogen-bond donors (Lipinski definition) is 1. The Labute approximate surface area is 259 Å². The van der Waals surface area contributed by atoms with Crippen LogP contribution in [0.3, 0.4) is 0 Å². The number of piperidine rings is 1. The van der Waals surface area contributed by atoms with Crippen molar-refractivity contribution >= 4 is 23.8 Å². The highest BCUT2D eigenvalue weighted by Crippen LogP contribution is 2.42. The quantitative estimate of drug-likeness (QED) is 0.328. The first-order chi connectivity index (χ1) is 21.5. The van der Waals surface area contributed by atoms with Gasteiger partial charge in [-0.1, -0.05) is 54.6 Å². The Bertz CT molecular complexity index is 1510. The zero-order chi connectivity index (χ0) is 32.3. The van der Waals surface area contributed by atoms with Crippen molar-refractivity contribution in [1.82, 2.24) is 20.0 Å². The molecule has 1 N–H and O–H groups in total. The molecule has 3 atom stereocenters. The van der Waals surface area contributed by atoms with Crippen molar-refractivity contribution in [1.29, 1.82) is 0 Å². The van der Waals surface area contributed by atoms with Gasteiger partial charge in [-0.25, -0.2) is 4.79 Å². The first-order valence-electron chi connectivity index (χ1n) is 14.9. The lowest BCUT2D eigenvalue weighted by Crippen LogP contribution is -2.54. The van der Waals surface area contributed by atoms with E-state index in [1.807, 2.05) is 30.3 Å². The molecule has 2 aromatic carbocycles. The molecule has 0 saturated carbocycles. The number of nitrogens with one attached hydrogen (secondary N) is 1. The smallest absolute Gasteiger partial charge is 0.416 e. The third kappa shape index (κ3) is 6.45. The molecule has 0 unspecified atom stereocenters. The maximum Gasteiger partial charge on any atom is 0.416 e. The van der Waals surface area contributed by atoms with E-state index < -0.39 is 41.7 Å². The van der Waals surface area contributed by atoms with Gasteiger partial charge < -0.3 is 19.9 Å². The van der Waals surface area contributed by atoms with Crippen LogP contribution in [-0.2, 0) is 31.7 Å². The molecule has 5 rings (SSSR count). The second-order valence-electron chi connectivity index (χ2n) is 11.2. The van der Waals surface area contributed by atoms with Crippen molar-refractivity contribution in [3.05, 3.63) is 95.2 Å². The fourth-order valence-corrected chi connectivity index (χ4v) is 6.34. The number of esters is 1. The summed E-state index contributed by atoms with van der Waals surface area (Å²) in [6.45, 7) is 5.95. The number of nitrogens with zero attached hydrogens (tertiary/aromatic N) is 3. The average molecular weight is 625 g/mol. The molecule has 3 aliphatic rings. The summed E-state index contributed by atoms with van der Waals surface area (Å²) in [6, 6.07) is 10.8. The van der Waals surface area contributed by atoms with Gasteiger partial charge in [0.15, 0.2) is 0 Å². The Hall–Kier alpha value is -4.61. The van der Waals surface area contributed by atoms with Gasteiger partial charge in [-0.3, -0.25) is 19.3 Å². The second-order valence-corrected chi connectivity index (χ2v) is 11.2. The van der Waals surface area contributed by atoms with Crippen LogP contribution in [0.15, 0.2) is 78.5 Å². The minimum atomic E-state index is -4.74. The molecule has 0 radical (unpaired) electrons. The molecule has 45 heavy (non-hydrogen) atoms. The predicted molar refractivity (Wildman–Crippen MR) is 158 cm³/mol. The molecule has 12 heteroatoms. The zero-order valence-corrected chi connectivity index (χ0v) is 24.9. The summed E-state index contributed by atoms with van der Waals surface area (Å²) in [6.07, 6.45) is -2.03. The van der Waals surface area contributed by atoms with Gasteiger partial charge in [0.1, 0.15) is 6.04 Å². The summed E-state index contributed by atoms with van der Waals surface area (Å²) < 4.78 is 47.5. The Morgan fingerprint density at radius 1 is 1.11 bits per heavy atom. The average Bonchev–Trinajstić information content (AvgIpc) is 3.37. The number of alkyl halides is 3. The van der Waals surface area contributed by atoms with E-state index >= 15 is 0 Å². The van der Waals surface area contributed by atoms with E-state index in [-0.39, 0.29) is 61.4 Å². The Morgan fingerprint density at radius 3 is 2.51 bits per heavy atom. The minimum absolute atomic E-state index is 0.00404. The molecule has 9 nitrogen and oxygen atoms in total. The Balaban J connectivity index is 1.54. The maximum atomic E-state index is 14.4. The number of benzene rings is 2. The van der Waals surface area contributed by atoms with E-state index in [4.69, 9.17) is 4.74 Å². The highest BCUT2D eigenvalue weighted by molar-refractivity contribution is 6.04. The number of amides is 4. The second kappa shape index (κ2) is 13.2. The van der Waals surface area contributed by atoms with Gasteiger partial charge in [0.25, 0.3) is 5.91 Å². The number of hydrogen-bond acceptors (Lipinski definition) is 5. The van der Waals surface area contributed by atoms with E-state index in [2.05, 4.69) is 11.9 Å². The standard InChI is InChI=1S/C33H35F3N4O5/c1-3-16-39-26-20-40(30(42)27(26)28(37-32(39)44)23-14-8-9-15-24(23)33(34,35)36)25(18-21-11-6-5-7-12-21)29(41)38-17-10-13-22(19-38)31(43)45-4-2/h3,5-9,11-12,14-15,22,25,28H,1,4,10,13,16-20H2,2H3,(H,37,44)/t22-,25+,28-/m1/s1. The largest absolute Gasteiger partial charge is 0.466 e. The molecule has 238 valence electrons. The normalized spacial score (nSPS) is 20.9. The van der Waals surface area contributed by atoms with Crippen molar-refractivity contribution in [2.75, 3.05) is 32.8 Å². The number of halogens is 3. The van der Waals surface area contributed by atoms with Crippen molar-refractivity contribution in [3.63, 3.8) is 0 Å². The van der Waals surface area contributed by atoms with Gasteiger partial charge in [-0.15, -0.1) is 6.58 Å². The first kappa shape index (κ1) is 31.8. The van der Waals surface area contributed by atoms with E-state index in [9.17, 15) is 32.3 Å². The summed E-state index contributed by atoms with van der Waals surface area (Å²) in [5.41, 5.74) is -0.274. The van der Waals surface area contributed by atoms with Crippen LogP contribution < -0.4 is 5.32 Å². The molecule has 3 heterocycles. The van der Waals surface area contributed by atoms with Crippen molar-refractivity contribution in [2.45, 2.75) is 44.4 Å². The predicted octanol–water partition coefficient (Wildman–Crippen LogP) is 4.47. The molecule has 0 bridgehead atoms. The van der Waals surface area contributed by atoms with E-state index in [1.165, 1.54) is 34.1 Å². The molecular weight excluding hydrogens is 589 g/mol. The Morgan fingerprint density at radius 2 is 1.82 bits per heavy atom. The van der Waals surface area contributed by atoms with Gasteiger partial charge >= 0.3 is 18.2 Å². The van der Waals surface area contributed by atoms with Crippen LogP contribution in [0.2, 0.25) is 0 Å². The molecule has 3 aliphatic heterocycles. The van der Waals surface area contributed by atoms with Crippen LogP contribution in [0.1, 0.15) is 42.5 Å². The molecule has 0 aliphatic carbocycles. The van der Waals surface area contributed by atoms with Crippen molar-refractivity contribution in [3.8, 4) is 0 Å². The molecule has 4 amide bonds. The lowest BCUT2D eigenvalue weighted by Gasteiger charge is -2.37. The van der Waals surface area contributed by atoms with Gasteiger partial charge in [-0.05, 0) is 37.0 Å². The first-order valence-corrected chi connectivity index (χ1v) is 14.9. The highest BCUT2D eigenvalue weighted by atomic mass is 19.4. The zero-order valence-electron chi connectivity index (χ0n) is 24.9. The van der Waals surface area contributed by atoms with Crippen molar-refractivity contribution < 1.29 is 37.1 Å². The highest BCUT2D eigenvalue weighted by Gasteiger charge is 2.49. The third-order valence-corrected chi connectivity index (χ3v) is 8.42. The van der Waals surface area contributed by atoms with Crippen LogP contribution in [-0.4, -0.2) is 77.3 Å². The van der Waals surface area contributed by atoms with Crippen LogP contribution >= 0.6 is 0 Å². The maximum absolute atomic E-state index is 14.4. The van der Waals surface area contributed by atoms with Gasteiger partial charge in [0.05, 0.1) is 41.9 Å². The molecular formula is C33H35F3N4O5. The van der Waals surface area contributed by atoms with Gasteiger partial charge in [0, 0.05) is 26.1 Å². The fraction of sp³-hybridized carbons (Fsp3) is 0.394. The van der Waals surface area contributed by atoms with Crippen molar-refractivity contribution in [2.24, 2.45) is 5.92 Å². The fourth-order valence-electron chi connectivity index (χ4n) is 6.34. The topological polar surface area (TPSA) is 99.3 Å². The SMILES string of the molecule is C=CCN1C(=O)N[C@H](c2ccccc2C(F)(F)F)C2=C1CN([C@@H](Cc1ccccc1)C(=O)N1CCC[C@@H](C(=O)OCC)C1)C2=O. The van der Waals surface area contributed by atoms with E-state index in [0.29, 0.717) is 19.4 Å². The Kier molecular flexibility index (Phi) is 9.31. The van der Waals surface area contributed by atoms with Crippen LogP contribution in [0, 0.1) is 5.92 Å². The number of ether oxygens (including phenoxy) is 1. The molecule has 0 spiro atoms. The number of urea groups is 1. The molecule has 0 aromatic heterocycles. The number of rotatable bonds is 9. The number of carbonyl (C=O) groups excluding carboxylic acids is 4. The van der Waals surface area contributed by atoms with Crippen LogP contribution in [0.5, 0.6) is 0 Å². The summed E-state index contributed by atoms with van der Waals surface area (Å²) in [5.74, 6) is -1.93. The summed E-state index contributed by atoms with van der Waals surface area (Å²) in [5, 5.41) is 2.60. The minimum Gasteiger partial charge on any atom is -0.466 e. The lowest BCUT2D eigenvalue weighted by molar-refractivity contribution is -0.153. The molecule has 1 saturated heterocycles. The summed E-state index contributed by atoms with van der Waals surface area (Å²) in [7, 11) is 0. The van der Waals surface area contributed by atoms with E-state index in [0.717, 1.165) is 11.6 Å². The molecule has 1 fully saturated rings. The third-order valence-electron chi connectivity index (χ3n) is 8.42. The number of carbonyl (C=O) groups is 4. The summed E-state index contributed by atoms with van der Waals surface area (Å²) >= 11 is 0. The lowest BCUT2D eigenvalue weighted by atomic mass is 9.91. The van der Waals surface area contributed by atoms with Gasteiger partial charge in [0.2, 0.25) is 5.91 Å². The van der Waals surface area contributed by atoms with Crippen LogP contribution in [0.4, 0.5) is 18.0 Å².